The molecule has 0 fully saturated rings. The summed E-state index contributed by atoms with van der Waals surface area (Å²) in [5, 5.41) is 2.60. The number of benzene rings is 2. The molecule has 1 N–H and O–H groups in total. The number of carbonyl (C=O) groups is 1. The highest BCUT2D eigenvalue weighted by Gasteiger charge is 2.21. The van der Waals surface area contributed by atoms with E-state index >= 15 is 4.39 Å². The summed E-state index contributed by atoms with van der Waals surface area (Å²) in [7, 11) is 1.48. The van der Waals surface area contributed by atoms with Crippen LogP contribution in [0.15, 0.2) is 77.9 Å². The van der Waals surface area contributed by atoms with E-state index in [1.54, 1.807) is 29.7 Å². The van der Waals surface area contributed by atoms with Crippen LogP contribution >= 0.6 is 0 Å². The highest BCUT2D eigenvalue weighted by molar-refractivity contribution is 6.04. The van der Waals surface area contributed by atoms with Crippen molar-refractivity contribution in [3.05, 3.63) is 106 Å². The summed E-state index contributed by atoms with van der Waals surface area (Å²) in [4.78, 5) is 35.3. The van der Waals surface area contributed by atoms with Crippen LogP contribution < -0.4 is 20.2 Å². The zero-order valence-corrected chi connectivity index (χ0v) is 22.7. The van der Waals surface area contributed by atoms with Crippen LogP contribution in [0, 0.1) is 18.6 Å². The van der Waals surface area contributed by atoms with Gasteiger partial charge in [0.05, 0.1) is 12.6 Å². The second-order valence-electron chi connectivity index (χ2n) is 9.57. The molecule has 0 atom stereocenters. The molecule has 3 heterocycles. The van der Waals surface area contributed by atoms with Gasteiger partial charge in [0.25, 0.3) is 5.91 Å². The van der Waals surface area contributed by atoms with Gasteiger partial charge in [-0.15, -0.1) is 0 Å². The minimum Gasteiger partial charge on any atom is -0.481 e. The third-order valence-electron chi connectivity index (χ3n) is 6.56. The molecule has 41 heavy (non-hydrogen) atoms. The fourth-order valence-electron chi connectivity index (χ4n) is 4.54. The summed E-state index contributed by atoms with van der Waals surface area (Å²) >= 11 is 0. The Labute approximate surface area is 234 Å². The Kier molecular flexibility index (Phi) is 7.47. The summed E-state index contributed by atoms with van der Waals surface area (Å²) in [6.07, 6.45) is 3.00. The molecular formula is C31H26F2N4O4. The molecule has 10 heteroatoms. The summed E-state index contributed by atoms with van der Waals surface area (Å²) in [5.74, 6) is -1.37. The number of methoxy groups -OCH3 is 1. The number of hydrogen-bond acceptors (Lipinski definition) is 6. The van der Waals surface area contributed by atoms with Crippen molar-refractivity contribution in [3.63, 3.8) is 0 Å². The first-order chi connectivity index (χ1) is 19.7. The van der Waals surface area contributed by atoms with Crippen LogP contribution in [0.1, 0.15) is 35.9 Å². The lowest BCUT2D eigenvalue weighted by molar-refractivity contribution is 0.102. The summed E-state index contributed by atoms with van der Waals surface area (Å²) in [6, 6.07) is 14.3. The van der Waals surface area contributed by atoms with E-state index in [1.165, 1.54) is 55.9 Å². The fourth-order valence-corrected chi connectivity index (χ4v) is 4.54. The molecule has 0 spiro atoms. The molecule has 0 bridgehead atoms. The van der Waals surface area contributed by atoms with Crippen molar-refractivity contribution in [2.45, 2.75) is 26.8 Å². The van der Waals surface area contributed by atoms with Crippen molar-refractivity contribution >= 4 is 22.6 Å². The Morgan fingerprint density at radius 3 is 2.44 bits per heavy atom. The number of hydrogen-bond donors (Lipinski definition) is 1. The standard InChI is InChI=1S/C31H26F2N4O4/c1-17(2)37-16-22(30(38)28(18(37)3)19-5-7-20(32)8-6-19)31(39)35-21-9-11-25(23(33)15-21)41-26-13-14-34-24-10-12-27(40-4)36-29(24)26/h5-17H,1-4H3,(H,35,39). The number of carbonyl (C=O) groups excluding carboxylic acids is 1. The van der Waals surface area contributed by atoms with Crippen LogP contribution in [0.25, 0.3) is 22.2 Å². The number of nitrogens with one attached hydrogen (secondary N) is 1. The third kappa shape index (κ3) is 5.49. The van der Waals surface area contributed by atoms with Crippen molar-refractivity contribution in [2.24, 2.45) is 0 Å². The van der Waals surface area contributed by atoms with Gasteiger partial charge in [0.2, 0.25) is 11.3 Å². The lowest BCUT2D eigenvalue weighted by Crippen LogP contribution is -2.26. The Bertz CT molecular complexity index is 1840. The van der Waals surface area contributed by atoms with Gasteiger partial charge in [-0.3, -0.25) is 14.6 Å². The minimum absolute atomic E-state index is 0.0750. The van der Waals surface area contributed by atoms with E-state index in [9.17, 15) is 14.0 Å². The largest absolute Gasteiger partial charge is 0.481 e. The quantitative estimate of drug-likeness (QED) is 0.240. The topological polar surface area (TPSA) is 95.3 Å². The highest BCUT2D eigenvalue weighted by atomic mass is 19.1. The zero-order valence-electron chi connectivity index (χ0n) is 22.7. The number of aromatic nitrogens is 3. The molecule has 208 valence electrons. The lowest BCUT2D eigenvalue weighted by atomic mass is 10.00. The Morgan fingerprint density at radius 2 is 1.76 bits per heavy atom. The van der Waals surface area contributed by atoms with Crippen LogP contribution in [-0.2, 0) is 0 Å². The van der Waals surface area contributed by atoms with Crippen molar-refractivity contribution in [1.82, 2.24) is 14.5 Å². The fraction of sp³-hybridized carbons (Fsp3) is 0.161. The molecule has 0 radical (unpaired) electrons. The zero-order chi connectivity index (χ0) is 29.3. The Balaban J connectivity index is 1.45. The Hall–Kier alpha value is -5.12. The lowest BCUT2D eigenvalue weighted by Gasteiger charge is -2.20. The van der Waals surface area contributed by atoms with Gasteiger partial charge in [-0.1, -0.05) is 12.1 Å². The van der Waals surface area contributed by atoms with Crippen LogP contribution in [0.5, 0.6) is 17.4 Å². The maximum absolute atomic E-state index is 15.1. The molecule has 3 aromatic heterocycles. The molecular weight excluding hydrogens is 530 g/mol. The van der Waals surface area contributed by atoms with Gasteiger partial charge < -0.3 is 19.4 Å². The van der Waals surface area contributed by atoms with E-state index in [4.69, 9.17) is 9.47 Å². The summed E-state index contributed by atoms with van der Waals surface area (Å²) in [6.45, 7) is 5.60. The molecule has 0 aliphatic carbocycles. The number of halogens is 2. The number of anilines is 1. The van der Waals surface area contributed by atoms with Crippen molar-refractivity contribution in [2.75, 3.05) is 12.4 Å². The second kappa shape index (κ2) is 11.2. The molecule has 0 aliphatic heterocycles. The minimum atomic E-state index is -0.744. The van der Waals surface area contributed by atoms with Gasteiger partial charge in [-0.2, -0.15) is 0 Å². The van der Waals surface area contributed by atoms with Gasteiger partial charge in [0.1, 0.15) is 16.9 Å². The summed E-state index contributed by atoms with van der Waals surface area (Å²) in [5.41, 5.74) is 1.82. The number of rotatable bonds is 7. The van der Waals surface area contributed by atoms with Crippen LogP contribution in [0.2, 0.25) is 0 Å². The molecule has 1 amide bonds. The number of ether oxygens (including phenoxy) is 2. The summed E-state index contributed by atoms with van der Waals surface area (Å²) < 4.78 is 41.4. The smallest absolute Gasteiger partial charge is 0.261 e. The second-order valence-corrected chi connectivity index (χ2v) is 9.57. The molecule has 0 saturated heterocycles. The number of pyridine rings is 3. The maximum atomic E-state index is 15.1. The Morgan fingerprint density at radius 1 is 1.00 bits per heavy atom. The predicted octanol–water partition coefficient (Wildman–Crippen LogP) is 6.68. The number of fused-ring (bicyclic) bond motifs is 1. The van der Waals surface area contributed by atoms with Crippen LogP contribution in [0.3, 0.4) is 0 Å². The van der Waals surface area contributed by atoms with Crippen molar-refractivity contribution < 1.29 is 23.0 Å². The highest BCUT2D eigenvalue weighted by Crippen LogP contribution is 2.32. The van der Waals surface area contributed by atoms with E-state index < -0.39 is 23.0 Å². The molecule has 5 aromatic rings. The third-order valence-corrected chi connectivity index (χ3v) is 6.56. The van der Waals surface area contributed by atoms with Crippen molar-refractivity contribution in [1.29, 1.82) is 0 Å². The SMILES string of the molecule is COc1ccc2nccc(Oc3ccc(NC(=O)c4cn(C(C)C)c(C)c(-c5ccc(F)cc5)c4=O)cc3F)c2n1. The maximum Gasteiger partial charge on any atom is 0.261 e. The molecule has 8 nitrogen and oxygen atoms in total. The first kappa shape index (κ1) is 27.4. The predicted molar refractivity (Wildman–Crippen MR) is 152 cm³/mol. The number of nitrogens with zero attached hydrogens (tertiary/aromatic N) is 3. The molecule has 2 aromatic carbocycles. The van der Waals surface area contributed by atoms with Crippen LogP contribution in [-0.4, -0.2) is 27.6 Å². The molecule has 0 unspecified atom stereocenters. The van der Waals surface area contributed by atoms with Gasteiger partial charge in [-0.25, -0.2) is 13.8 Å². The monoisotopic (exact) mass is 556 g/mol. The van der Waals surface area contributed by atoms with E-state index in [2.05, 4.69) is 15.3 Å². The normalized spacial score (nSPS) is 11.1. The van der Waals surface area contributed by atoms with E-state index in [1.807, 2.05) is 13.8 Å². The van der Waals surface area contributed by atoms with E-state index in [-0.39, 0.29) is 34.4 Å². The average Bonchev–Trinajstić information content (AvgIpc) is 2.95. The molecule has 0 aliphatic rings. The first-order valence-corrected chi connectivity index (χ1v) is 12.8. The van der Waals surface area contributed by atoms with Gasteiger partial charge in [0.15, 0.2) is 17.3 Å². The molecule has 0 saturated carbocycles. The average molecular weight is 557 g/mol. The van der Waals surface area contributed by atoms with E-state index in [0.29, 0.717) is 28.2 Å². The van der Waals surface area contributed by atoms with Gasteiger partial charge >= 0.3 is 0 Å². The van der Waals surface area contributed by atoms with Crippen LogP contribution in [0.4, 0.5) is 14.5 Å². The molecule has 5 rings (SSSR count). The first-order valence-electron chi connectivity index (χ1n) is 12.8. The van der Waals surface area contributed by atoms with Gasteiger partial charge in [-0.05, 0) is 56.7 Å². The number of amides is 1. The van der Waals surface area contributed by atoms with E-state index in [0.717, 1.165) is 6.07 Å². The van der Waals surface area contributed by atoms with Crippen molar-refractivity contribution in [3.8, 4) is 28.5 Å². The van der Waals surface area contributed by atoms with Gasteiger partial charge in [0, 0.05) is 53.6 Å².